The van der Waals surface area contributed by atoms with E-state index in [1.807, 2.05) is 30.3 Å². The number of hydrogen-bond acceptors (Lipinski definition) is 5. The number of benzene rings is 3. The predicted molar refractivity (Wildman–Crippen MR) is 141 cm³/mol. The average molecular weight is 494 g/mol. The van der Waals surface area contributed by atoms with Crippen LogP contribution in [0.5, 0.6) is 5.75 Å². The lowest BCUT2D eigenvalue weighted by Gasteiger charge is -2.33. The van der Waals surface area contributed by atoms with Gasteiger partial charge in [-0.15, -0.1) is 0 Å². The molecule has 1 atom stereocenters. The molecule has 184 valence electrons. The largest absolute Gasteiger partial charge is 0.496 e. The molecule has 3 aromatic carbocycles. The first-order valence-corrected chi connectivity index (χ1v) is 12.3. The van der Waals surface area contributed by atoms with Crippen LogP contribution in [0.25, 0.3) is 11.1 Å². The van der Waals surface area contributed by atoms with Gasteiger partial charge in [0.1, 0.15) is 5.75 Å². The molecular formula is C28H32ClN3O3. The minimum atomic E-state index is -0.529. The molecule has 0 aromatic heterocycles. The van der Waals surface area contributed by atoms with Crippen LogP contribution < -0.4 is 15.8 Å². The Hall–Kier alpha value is -3.06. The molecule has 4 rings (SSSR count). The number of nitrogens with one attached hydrogen (secondary N) is 1. The van der Waals surface area contributed by atoms with Crippen molar-refractivity contribution in [1.29, 1.82) is 0 Å². The van der Waals surface area contributed by atoms with Crippen LogP contribution in [0.15, 0.2) is 66.7 Å². The summed E-state index contributed by atoms with van der Waals surface area (Å²) in [5, 5.41) is 14.1. The number of carbonyl (C=O) groups is 1. The number of aliphatic hydroxyl groups is 1. The van der Waals surface area contributed by atoms with Crippen LogP contribution >= 0.6 is 11.6 Å². The molecule has 35 heavy (non-hydrogen) atoms. The first-order chi connectivity index (χ1) is 16.9. The van der Waals surface area contributed by atoms with Crippen LogP contribution in [-0.2, 0) is 0 Å². The molecule has 1 saturated heterocycles. The molecule has 1 aliphatic heterocycles. The maximum atomic E-state index is 12.7. The number of rotatable bonds is 8. The lowest BCUT2D eigenvalue weighted by atomic mass is 9.95. The molecule has 1 unspecified atom stereocenters. The number of methoxy groups -OCH3 is 1. The number of ether oxygens (including phenoxy) is 1. The number of nitrogens with two attached hydrogens (primary N) is 1. The van der Waals surface area contributed by atoms with Crippen LogP contribution in [0.1, 0.15) is 34.9 Å². The fourth-order valence-electron chi connectivity index (χ4n) is 4.50. The molecule has 1 heterocycles. The fourth-order valence-corrected chi connectivity index (χ4v) is 4.66. The molecule has 0 radical (unpaired) electrons. The van der Waals surface area contributed by atoms with Gasteiger partial charge in [0.2, 0.25) is 0 Å². The van der Waals surface area contributed by atoms with Crippen molar-refractivity contribution in [3.8, 4) is 16.9 Å². The molecule has 0 bridgehead atoms. The van der Waals surface area contributed by atoms with E-state index in [2.05, 4.69) is 34.5 Å². The van der Waals surface area contributed by atoms with Crippen LogP contribution in [0.2, 0.25) is 5.02 Å². The number of piperidine rings is 1. The van der Waals surface area contributed by atoms with Gasteiger partial charge in [0.25, 0.3) is 5.91 Å². The van der Waals surface area contributed by atoms with Gasteiger partial charge in [-0.3, -0.25) is 4.79 Å². The van der Waals surface area contributed by atoms with E-state index in [9.17, 15) is 9.90 Å². The number of anilines is 1. The van der Waals surface area contributed by atoms with E-state index in [0.717, 1.165) is 37.1 Å². The molecule has 3 aromatic rings. The Morgan fingerprint density at radius 1 is 1.11 bits per heavy atom. The molecular weight excluding hydrogens is 462 g/mol. The van der Waals surface area contributed by atoms with Gasteiger partial charge < -0.3 is 25.8 Å². The van der Waals surface area contributed by atoms with Gasteiger partial charge in [0.05, 0.1) is 29.5 Å². The summed E-state index contributed by atoms with van der Waals surface area (Å²) in [6.45, 7) is 2.96. The molecule has 0 spiro atoms. The number of hydrogen-bond donors (Lipinski definition) is 3. The molecule has 1 amide bonds. The second kappa shape index (κ2) is 11.6. The normalized spacial score (nSPS) is 15.5. The maximum Gasteiger partial charge on any atom is 0.255 e. The Kier molecular flexibility index (Phi) is 8.29. The highest BCUT2D eigenvalue weighted by Gasteiger charge is 2.23. The summed E-state index contributed by atoms with van der Waals surface area (Å²) in [6, 6.07) is 21.5. The zero-order chi connectivity index (χ0) is 24.8. The van der Waals surface area contributed by atoms with Crippen molar-refractivity contribution in [2.45, 2.75) is 18.9 Å². The van der Waals surface area contributed by atoms with Crippen molar-refractivity contribution in [1.82, 2.24) is 10.2 Å². The van der Waals surface area contributed by atoms with Gasteiger partial charge >= 0.3 is 0 Å². The Morgan fingerprint density at radius 2 is 1.77 bits per heavy atom. The molecule has 4 N–H and O–H groups in total. The molecule has 0 saturated carbocycles. The minimum Gasteiger partial charge on any atom is -0.496 e. The number of halogens is 1. The van der Waals surface area contributed by atoms with Crippen LogP contribution in [0, 0.1) is 5.92 Å². The van der Waals surface area contributed by atoms with Gasteiger partial charge in [0, 0.05) is 19.2 Å². The Balaban J connectivity index is 1.24. The van der Waals surface area contributed by atoms with Crippen molar-refractivity contribution >= 4 is 23.2 Å². The summed E-state index contributed by atoms with van der Waals surface area (Å²) in [7, 11) is 1.50. The summed E-state index contributed by atoms with van der Waals surface area (Å²) >= 11 is 6.09. The zero-order valence-corrected chi connectivity index (χ0v) is 20.7. The third-order valence-corrected chi connectivity index (χ3v) is 6.98. The summed E-state index contributed by atoms with van der Waals surface area (Å²) in [6.07, 6.45) is 1.39. The molecule has 7 heteroatoms. The lowest BCUT2D eigenvalue weighted by Crippen LogP contribution is -2.40. The highest BCUT2D eigenvalue weighted by molar-refractivity contribution is 6.33. The second-order valence-electron chi connectivity index (χ2n) is 9.03. The SMILES string of the molecule is COc1cc(N)c(Cl)cc1C(=O)NCC1CCN(CC(O)c2ccc(-c3ccccc3)cc2)CC1. The molecule has 1 fully saturated rings. The number of carbonyl (C=O) groups excluding carboxylic acids is 1. The summed E-state index contributed by atoms with van der Waals surface area (Å²) < 4.78 is 5.28. The first kappa shape index (κ1) is 25.0. The van der Waals surface area contributed by atoms with Gasteiger partial charge in [-0.1, -0.05) is 66.2 Å². The molecule has 0 aliphatic carbocycles. The van der Waals surface area contributed by atoms with Crippen molar-refractivity contribution in [3.63, 3.8) is 0 Å². The number of likely N-dealkylation sites (tertiary alicyclic amines) is 1. The van der Waals surface area contributed by atoms with Crippen LogP contribution in [0.4, 0.5) is 5.69 Å². The first-order valence-electron chi connectivity index (χ1n) is 11.9. The van der Waals surface area contributed by atoms with E-state index in [1.165, 1.54) is 12.7 Å². The molecule has 1 aliphatic rings. The number of β-amino-alcohol motifs (C(OH)–C–C–N with tert-alkyl or cyclic N) is 1. The quantitative estimate of drug-likeness (QED) is 0.393. The average Bonchev–Trinajstić information content (AvgIpc) is 2.90. The Labute approximate surface area is 211 Å². The summed E-state index contributed by atoms with van der Waals surface area (Å²) in [5.41, 5.74) is 9.80. The molecule has 6 nitrogen and oxygen atoms in total. The third kappa shape index (κ3) is 6.34. The highest BCUT2D eigenvalue weighted by Crippen LogP contribution is 2.29. The van der Waals surface area contributed by atoms with Gasteiger partial charge in [-0.05, 0) is 54.6 Å². The van der Waals surface area contributed by atoms with Crippen molar-refractivity contribution in [3.05, 3.63) is 82.9 Å². The third-order valence-electron chi connectivity index (χ3n) is 6.66. The van der Waals surface area contributed by atoms with Gasteiger partial charge in [-0.25, -0.2) is 0 Å². The number of nitrogen functional groups attached to an aromatic ring is 1. The maximum absolute atomic E-state index is 12.7. The monoisotopic (exact) mass is 493 g/mol. The lowest BCUT2D eigenvalue weighted by molar-refractivity contribution is 0.0851. The van der Waals surface area contributed by atoms with E-state index in [4.69, 9.17) is 22.1 Å². The van der Waals surface area contributed by atoms with E-state index >= 15 is 0 Å². The van der Waals surface area contributed by atoms with E-state index in [1.54, 1.807) is 12.1 Å². The Morgan fingerprint density at radius 3 is 2.43 bits per heavy atom. The zero-order valence-electron chi connectivity index (χ0n) is 19.9. The summed E-state index contributed by atoms with van der Waals surface area (Å²) in [4.78, 5) is 15.0. The minimum absolute atomic E-state index is 0.222. The topological polar surface area (TPSA) is 87.8 Å². The standard InChI is InChI=1S/C28H32ClN3O3/c1-35-27-16-25(30)24(29)15-23(27)28(34)31-17-19-11-13-32(14-12-19)18-26(33)22-9-7-21(8-10-22)20-5-3-2-4-6-20/h2-10,15-16,19,26,33H,11-14,17-18,30H2,1H3,(H,31,34). The fraction of sp³-hybridized carbons (Fsp3) is 0.321. The van der Waals surface area contributed by atoms with E-state index < -0.39 is 6.10 Å². The van der Waals surface area contributed by atoms with Crippen LogP contribution in [0.3, 0.4) is 0 Å². The van der Waals surface area contributed by atoms with E-state index in [-0.39, 0.29) is 5.91 Å². The number of nitrogens with zero attached hydrogens (tertiary/aromatic N) is 1. The van der Waals surface area contributed by atoms with Gasteiger partial charge in [-0.2, -0.15) is 0 Å². The van der Waals surface area contributed by atoms with E-state index in [0.29, 0.717) is 41.0 Å². The smallest absolute Gasteiger partial charge is 0.255 e. The van der Waals surface area contributed by atoms with Crippen molar-refractivity contribution in [2.75, 3.05) is 39.0 Å². The predicted octanol–water partition coefficient (Wildman–Crippen LogP) is 4.77. The van der Waals surface area contributed by atoms with Gasteiger partial charge in [0.15, 0.2) is 0 Å². The Bertz CT molecular complexity index is 1130. The highest BCUT2D eigenvalue weighted by atomic mass is 35.5. The van der Waals surface area contributed by atoms with Crippen molar-refractivity contribution < 1.29 is 14.6 Å². The number of amides is 1. The van der Waals surface area contributed by atoms with Crippen LogP contribution in [-0.4, -0.2) is 49.2 Å². The number of aliphatic hydroxyl groups excluding tert-OH is 1. The summed E-state index contributed by atoms with van der Waals surface area (Å²) in [5.74, 6) is 0.568. The van der Waals surface area contributed by atoms with Crippen molar-refractivity contribution in [2.24, 2.45) is 5.92 Å². The second-order valence-corrected chi connectivity index (χ2v) is 9.44.